The second-order valence-corrected chi connectivity index (χ2v) is 5.51. The van der Waals surface area contributed by atoms with Gasteiger partial charge in [-0.1, -0.05) is 29.8 Å². The zero-order chi connectivity index (χ0) is 13.0. The van der Waals surface area contributed by atoms with Crippen molar-refractivity contribution in [1.29, 1.82) is 0 Å². The molecule has 0 aliphatic carbocycles. The van der Waals surface area contributed by atoms with Gasteiger partial charge in [0.15, 0.2) is 0 Å². The molecule has 1 N–H and O–H groups in total. The molecule has 4 heteroatoms. The van der Waals surface area contributed by atoms with Crippen LogP contribution in [-0.4, -0.2) is 7.05 Å². The Morgan fingerprint density at radius 1 is 1.18 bits per heavy atom. The van der Waals surface area contributed by atoms with Crippen molar-refractivity contribution >= 4 is 15.9 Å². The summed E-state index contributed by atoms with van der Waals surface area (Å²) in [5.74, 6) is -0.479. The van der Waals surface area contributed by atoms with Gasteiger partial charge < -0.3 is 5.32 Å². The van der Waals surface area contributed by atoms with Crippen molar-refractivity contribution in [1.82, 2.24) is 5.32 Å². The summed E-state index contributed by atoms with van der Waals surface area (Å²) >= 11 is 3.08. The molecule has 0 saturated heterocycles. The molecule has 0 spiro atoms. The molecule has 96 valence electrons. The van der Waals surface area contributed by atoms with Gasteiger partial charge in [-0.2, -0.15) is 0 Å². The Morgan fingerprint density at radius 3 is 2.12 bits per heavy atom. The van der Waals surface area contributed by atoms with Gasteiger partial charge in [0.1, 0.15) is 11.6 Å². The fraction of sp³-hybridized carbons (Fsp3) is 0.538. The average molecular weight is 306 g/mol. The minimum Gasteiger partial charge on any atom is -0.313 e. The summed E-state index contributed by atoms with van der Waals surface area (Å²) in [5, 5.41) is 2.98. The Labute approximate surface area is 110 Å². The number of rotatable bonds is 5. The predicted octanol–water partition coefficient (Wildman–Crippen LogP) is 4.42. The van der Waals surface area contributed by atoms with Crippen molar-refractivity contribution in [2.24, 2.45) is 5.92 Å². The van der Waals surface area contributed by atoms with E-state index in [0.29, 0.717) is 10.4 Å². The third-order valence-corrected chi connectivity index (χ3v) is 3.23. The van der Waals surface area contributed by atoms with E-state index in [1.54, 1.807) is 7.05 Å². The molecular weight excluding hydrogens is 288 g/mol. The van der Waals surface area contributed by atoms with Crippen LogP contribution in [0, 0.1) is 17.6 Å². The first-order valence-electron chi connectivity index (χ1n) is 5.77. The van der Waals surface area contributed by atoms with Gasteiger partial charge in [0.25, 0.3) is 0 Å². The Balaban J connectivity index is 2.95. The molecule has 1 aromatic rings. The molecule has 0 heterocycles. The summed E-state index contributed by atoms with van der Waals surface area (Å²) in [6.45, 7) is 4.20. The van der Waals surface area contributed by atoms with Gasteiger partial charge in [-0.25, -0.2) is 8.78 Å². The lowest BCUT2D eigenvalue weighted by atomic mass is 9.97. The van der Waals surface area contributed by atoms with E-state index in [1.165, 1.54) is 12.1 Å². The third-order valence-electron chi connectivity index (χ3n) is 2.77. The van der Waals surface area contributed by atoms with Crippen molar-refractivity contribution < 1.29 is 8.78 Å². The topological polar surface area (TPSA) is 12.0 Å². The van der Waals surface area contributed by atoms with Crippen LogP contribution < -0.4 is 5.32 Å². The van der Waals surface area contributed by atoms with Crippen molar-refractivity contribution in [2.75, 3.05) is 7.05 Å². The van der Waals surface area contributed by atoms with Crippen LogP contribution >= 0.6 is 15.9 Å². The van der Waals surface area contributed by atoms with E-state index in [2.05, 4.69) is 35.1 Å². The van der Waals surface area contributed by atoms with Crippen LogP contribution in [0.25, 0.3) is 0 Å². The molecule has 0 aromatic heterocycles. The Kier molecular flexibility index (Phi) is 5.53. The SMILES string of the molecule is CNC(CCC(C)C)c1c(F)cc(Br)cc1F. The lowest BCUT2D eigenvalue weighted by Crippen LogP contribution is -2.20. The van der Waals surface area contributed by atoms with Crippen LogP contribution in [0.2, 0.25) is 0 Å². The second-order valence-electron chi connectivity index (χ2n) is 4.60. The first-order chi connectivity index (χ1) is 7.95. The second kappa shape index (κ2) is 6.45. The van der Waals surface area contributed by atoms with E-state index in [4.69, 9.17) is 0 Å². The zero-order valence-electron chi connectivity index (χ0n) is 10.4. The van der Waals surface area contributed by atoms with E-state index < -0.39 is 11.6 Å². The monoisotopic (exact) mass is 305 g/mol. The van der Waals surface area contributed by atoms with Gasteiger partial charge in [0, 0.05) is 16.1 Å². The van der Waals surface area contributed by atoms with Crippen molar-refractivity contribution in [2.45, 2.75) is 32.7 Å². The van der Waals surface area contributed by atoms with Crippen LogP contribution in [0.1, 0.15) is 38.3 Å². The zero-order valence-corrected chi connectivity index (χ0v) is 11.9. The molecular formula is C13H18BrF2N. The van der Waals surface area contributed by atoms with Gasteiger partial charge in [0.05, 0.1) is 0 Å². The number of benzene rings is 1. The quantitative estimate of drug-likeness (QED) is 0.849. The van der Waals surface area contributed by atoms with Crippen LogP contribution in [0.15, 0.2) is 16.6 Å². The molecule has 1 unspecified atom stereocenters. The summed E-state index contributed by atoms with van der Waals surface area (Å²) in [6.07, 6.45) is 1.66. The summed E-state index contributed by atoms with van der Waals surface area (Å²) in [7, 11) is 1.73. The molecule has 1 aromatic carbocycles. The minimum atomic E-state index is -0.500. The number of hydrogen-bond acceptors (Lipinski definition) is 1. The van der Waals surface area contributed by atoms with Gasteiger partial charge in [0.2, 0.25) is 0 Å². The number of nitrogens with one attached hydrogen (secondary N) is 1. The van der Waals surface area contributed by atoms with Crippen LogP contribution in [0.5, 0.6) is 0 Å². The molecule has 1 atom stereocenters. The van der Waals surface area contributed by atoms with E-state index in [9.17, 15) is 8.78 Å². The Morgan fingerprint density at radius 2 is 1.71 bits per heavy atom. The third kappa shape index (κ3) is 4.03. The normalized spacial score (nSPS) is 13.1. The predicted molar refractivity (Wildman–Crippen MR) is 69.9 cm³/mol. The smallest absolute Gasteiger partial charge is 0.132 e. The lowest BCUT2D eigenvalue weighted by Gasteiger charge is -2.19. The van der Waals surface area contributed by atoms with Gasteiger partial charge in [-0.05, 0) is 37.9 Å². The molecule has 0 aliphatic heterocycles. The number of hydrogen-bond donors (Lipinski definition) is 1. The average Bonchev–Trinajstić information content (AvgIpc) is 2.21. The molecule has 0 aliphatic rings. The molecule has 0 bridgehead atoms. The summed E-state index contributed by atoms with van der Waals surface area (Å²) in [5.41, 5.74) is 0.136. The maximum Gasteiger partial charge on any atom is 0.132 e. The van der Waals surface area contributed by atoms with Crippen molar-refractivity contribution in [3.63, 3.8) is 0 Å². The van der Waals surface area contributed by atoms with E-state index >= 15 is 0 Å². The van der Waals surface area contributed by atoms with Crippen LogP contribution in [-0.2, 0) is 0 Å². The first-order valence-corrected chi connectivity index (χ1v) is 6.56. The van der Waals surface area contributed by atoms with Gasteiger partial charge >= 0.3 is 0 Å². The summed E-state index contributed by atoms with van der Waals surface area (Å²) < 4.78 is 28.0. The van der Waals surface area contributed by atoms with Crippen molar-refractivity contribution in [3.05, 3.63) is 33.8 Å². The minimum absolute atomic E-state index is 0.136. The Bertz CT molecular complexity index is 357. The maximum absolute atomic E-state index is 13.8. The van der Waals surface area contributed by atoms with E-state index in [-0.39, 0.29) is 11.6 Å². The maximum atomic E-state index is 13.8. The Hall–Kier alpha value is -0.480. The molecule has 0 saturated carbocycles. The van der Waals surface area contributed by atoms with Crippen LogP contribution in [0.3, 0.4) is 0 Å². The molecule has 17 heavy (non-hydrogen) atoms. The van der Waals surface area contributed by atoms with Gasteiger partial charge in [-0.15, -0.1) is 0 Å². The number of halogens is 3. The fourth-order valence-electron chi connectivity index (χ4n) is 1.82. The molecule has 0 radical (unpaired) electrons. The van der Waals surface area contributed by atoms with Crippen LogP contribution in [0.4, 0.5) is 8.78 Å². The van der Waals surface area contributed by atoms with Crippen molar-refractivity contribution in [3.8, 4) is 0 Å². The standard InChI is InChI=1S/C13H18BrF2N/c1-8(2)4-5-12(17-3)13-10(15)6-9(14)7-11(13)16/h6-8,12,17H,4-5H2,1-3H3. The molecule has 1 rings (SSSR count). The fourth-order valence-corrected chi connectivity index (χ4v) is 2.22. The molecule has 0 fully saturated rings. The highest BCUT2D eigenvalue weighted by atomic mass is 79.9. The summed E-state index contributed by atoms with van der Waals surface area (Å²) in [6, 6.07) is 2.33. The van der Waals surface area contributed by atoms with E-state index in [0.717, 1.165) is 12.8 Å². The first kappa shape index (κ1) is 14.6. The summed E-state index contributed by atoms with van der Waals surface area (Å²) in [4.78, 5) is 0. The molecule has 0 amide bonds. The molecule has 1 nitrogen and oxygen atoms in total. The highest BCUT2D eigenvalue weighted by Crippen LogP contribution is 2.28. The largest absolute Gasteiger partial charge is 0.313 e. The van der Waals surface area contributed by atoms with Gasteiger partial charge in [-0.3, -0.25) is 0 Å². The highest BCUT2D eigenvalue weighted by molar-refractivity contribution is 9.10. The highest BCUT2D eigenvalue weighted by Gasteiger charge is 2.19. The lowest BCUT2D eigenvalue weighted by molar-refractivity contribution is 0.430. The van der Waals surface area contributed by atoms with E-state index in [1.807, 2.05) is 0 Å².